The van der Waals surface area contributed by atoms with E-state index in [9.17, 15) is 4.79 Å². The third-order valence-corrected chi connectivity index (χ3v) is 6.44. The van der Waals surface area contributed by atoms with Gasteiger partial charge in [-0.05, 0) is 18.9 Å². The Morgan fingerprint density at radius 1 is 1.25 bits per heavy atom. The Bertz CT molecular complexity index is 1300. The van der Waals surface area contributed by atoms with Gasteiger partial charge in [0.1, 0.15) is 23.4 Å². The smallest absolute Gasteiger partial charge is 0.235 e. The molecule has 0 saturated carbocycles. The fourth-order valence-corrected chi connectivity index (χ4v) is 4.99. The molecule has 0 unspecified atom stereocenters. The highest BCUT2D eigenvalue weighted by molar-refractivity contribution is 8.00. The van der Waals surface area contributed by atoms with E-state index in [1.807, 2.05) is 25.1 Å². The van der Waals surface area contributed by atoms with Gasteiger partial charge in [0.25, 0.3) is 0 Å². The van der Waals surface area contributed by atoms with Crippen LogP contribution in [0.4, 0.5) is 5.82 Å². The second kappa shape index (κ2) is 8.27. The molecule has 4 heterocycles. The molecule has 10 heteroatoms. The van der Waals surface area contributed by atoms with Crippen LogP contribution >= 0.6 is 11.8 Å². The zero-order chi connectivity index (χ0) is 22.2. The van der Waals surface area contributed by atoms with E-state index in [-0.39, 0.29) is 11.2 Å². The number of nitrogens with one attached hydrogen (secondary N) is 2. The third kappa shape index (κ3) is 3.60. The number of aromatic nitrogens is 6. The van der Waals surface area contributed by atoms with Crippen LogP contribution in [0.1, 0.15) is 35.9 Å². The van der Waals surface area contributed by atoms with Crippen molar-refractivity contribution in [1.82, 2.24) is 29.7 Å². The third-order valence-electron chi connectivity index (χ3n) is 5.19. The van der Waals surface area contributed by atoms with E-state index < -0.39 is 0 Å². The first kappa shape index (κ1) is 20.5. The number of para-hydroxylation sites is 1. The zero-order valence-electron chi connectivity index (χ0n) is 18.0. The van der Waals surface area contributed by atoms with Crippen molar-refractivity contribution in [2.45, 2.75) is 26.0 Å². The molecule has 0 aliphatic carbocycles. The van der Waals surface area contributed by atoms with Crippen LogP contribution in [-0.2, 0) is 4.79 Å². The predicted octanol–water partition coefficient (Wildman–Crippen LogP) is 3.66. The number of aryl methyl sites for hydroxylation is 1. The Labute approximate surface area is 189 Å². The highest BCUT2D eigenvalue weighted by Crippen LogP contribution is 2.46. The van der Waals surface area contributed by atoms with Crippen LogP contribution in [0.5, 0.6) is 5.75 Å². The average Bonchev–Trinajstić information content (AvgIpc) is 3.33. The Kier molecular flexibility index (Phi) is 5.30. The van der Waals surface area contributed by atoms with Gasteiger partial charge in [-0.2, -0.15) is 9.78 Å². The highest BCUT2D eigenvalue weighted by atomic mass is 32.2. The molecule has 1 amide bonds. The Morgan fingerprint density at radius 3 is 2.94 bits per heavy atom. The number of aromatic amines is 1. The molecule has 1 atom stereocenters. The van der Waals surface area contributed by atoms with Crippen LogP contribution in [0.25, 0.3) is 17.0 Å². The van der Waals surface area contributed by atoms with Crippen LogP contribution in [0.15, 0.2) is 36.9 Å². The summed E-state index contributed by atoms with van der Waals surface area (Å²) in [4.78, 5) is 28.6. The standard InChI is InChI=1S/C22H23N7O2S/c1-12(2)8-31-15-7-5-4-6-14(15)19-17-13(3)28-29(21(17)27-16(30)9-32-19)22-18-20(24-10-23-18)25-11-26-22/h4-7,10-12,19H,8-9H2,1-3H3,(H,27,30)(H,23,24,25,26)/t19-/m1/s1. The van der Waals surface area contributed by atoms with Crippen LogP contribution in [0.2, 0.25) is 0 Å². The maximum atomic E-state index is 12.7. The van der Waals surface area contributed by atoms with Crippen LogP contribution in [0, 0.1) is 12.8 Å². The largest absolute Gasteiger partial charge is 0.493 e. The molecule has 0 saturated heterocycles. The van der Waals surface area contributed by atoms with E-state index in [2.05, 4.69) is 45.2 Å². The minimum Gasteiger partial charge on any atom is -0.493 e. The van der Waals surface area contributed by atoms with Gasteiger partial charge in [0, 0.05) is 11.1 Å². The van der Waals surface area contributed by atoms with Gasteiger partial charge in [-0.3, -0.25) is 4.79 Å². The van der Waals surface area contributed by atoms with Crippen molar-refractivity contribution in [2.24, 2.45) is 5.92 Å². The number of imidazole rings is 1. The first-order chi connectivity index (χ1) is 15.5. The molecule has 0 spiro atoms. The van der Waals surface area contributed by atoms with Crippen molar-refractivity contribution in [1.29, 1.82) is 0 Å². The SMILES string of the molecule is Cc1nn(-c2ncnc3nc[nH]c23)c2c1[C@@H](c1ccccc1OCC(C)C)SCC(=O)N2. The molecule has 4 aromatic rings. The average molecular weight is 450 g/mol. The number of nitrogens with zero attached hydrogens (tertiary/aromatic N) is 5. The second-order valence-electron chi connectivity index (χ2n) is 8.04. The number of carbonyl (C=O) groups is 1. The molecule has 1 aliphatic heterocycles. The number of carbonyl (C=O) groups excluding carboxylic acids is 1. The summed E-state index contributed by atoms with van der Waals surface area (Å²) in [6, 6.07) is 8.01. The van der Waals surface area contributed by atoms with Crippen molar-refractivity contribution in [2.75, 3.05) is 17.7 Å². The lowest BCUT2D eigenvalue weighted by molar-refractivity contribution is -0.113. The molecular formula is C22H23N7O2S. The fourth-order valence-electron chi connectivity index (χ4n) is 3.78. The van der Waals surface area contributed by atoms with Gasteiger partial charge in [0.15, 0.2) is 11.5 Å². The van der Waals surface area contributed by atoms with Crippen molar-refractivity contribution in [3.05, 3.63) is 53.7 Å². The summed E-state index contributed by atoms with van der Waals surface area (Å²) in [6.45, 7) is 6.81. The Hall–Kier alpha value is -3.40. The molecule has 32 heavy (non-hydrogen) atoms. The summed E-state index contributed by atoms with van der Waals surface area (Å²) < 4.78 is 7.80. The lowest BCUT2D eigenvalue weighted by Crippen LogP contribution is -2.16. The van der Waals surface area contributed by atoms with E-state index in [0.717, 1.165) is 22.6 Å². The summed E-state index contributed by atoms with van der Waals surface area (Å²) >= 11 is 1.57. The van der Waals surface area contributed by atoms with E-state index in [1.165, 1.54) is 6.33 Å². The predicted molar refractivity (Wildman–Crippen MR) is 123 cm³/mol. The molecule has 2 N–H and O–H groups in total. The topological polar surface area (TPSA) is 111 Å². The number of rotatable bonds is 5. The number of ether oxygens (including phenoxy) is 1. The molecule has 0 fully saturated rings. The quantitative estimate of drug-likeness (QED) is 0.478. The molecule has 0 bridgehead atoms. The van der Waals surface area contributed by atoms with Gasteiger partial charge in [-0.1, -0.05) is 32.0 Å². The van der Waals surface area contributed by atoms with Crippen LogP contribution in [0.3, 0.4) is 0 Å². The molecule has 1 aliphatic rings. The van der Waals surface area contributed by atoms with Crippen LogP contribution in [-0.4, -0.2) is 48.0 Å². The van der Waals surface area contributed by atoms with Crippen molar-refractivity contribution in [3.8, 4) is 11.6 Å². The maximum absolute atomic E-state index is 12.7. The number of anilines is 1. The molecule has 3 aromatic heterocycles. The van der Waals surface area contributed by atoms with Gasteiger partial charge < -0.3 is 15.0 Å². The number of amides is 1. The molecular weight excluding hydrogens is 426 g/mol. The number of H-pyrrole nitrogens is 1. The Morgan fingerprint density at radius 2 is 2.09 bits per heavy atom. The van der Waals surface area contributed by atoms with E-state index >= 15 is 0 Å². The van der Waals surface area contributed by atoms with Gasteiger partial charge in [0.2, 0.25) is 5.91 Å². The van der Waals surface area contributed by atoms with Crippen molar-refractivity contribution < 1.29 is 9.53 Å². The van der Waals surface area contributed by atoms with Gasteiger partial charge in [0.05, 0.1) is 29.6 Å². The normalized spacial score (nSPS) is 16.1. The minimum atomic E-state index is -0.125. The Balaban J connectivity index is 1.67. The number of fused-ring (bicyclic) bond motifs is 2. The van der Waals surface area contributed by atoms with Crippen molar-refractivity contribution >= 4 is 34.7 Å². The molecule has 9 nitrogen and oxygen atoms in total. The second-order valence-corrected chi connectivity index (χ2v) is 9.13. The number of hydrogen-bond acceptors (Lipinski definition) is 7. The summed E-state index contributed by atoms with van der Waals surface area (Å²) in [6.07, 6.45) is 3.01. The number of benzene rings is 1. The summed E-state index contributed by atoms with van der Waals surface area (Å²) in [5, 5.41) is 7.67. The van der Waals surface area contributed by atoms with E-state index in [0.29, 0.717) is 41.1 Å². The summed E-state index contributed by atoms with van der Waals surface area (Å²) in [5.41, 5.74) is 3.96. The summed E-state index contributed by atoms with van der Waals surface area (Å²) in [5.74, 6) is 2.60. The monoisotopic (exact) mass is 449 g/mol. The molecule has 0 radical (unpaired) electrons. The van der Waals surface area contributed by atoms with E-state index in [4.69, 9.17) is 9.84 Å². The zero-order valence-corrected chi connectivity index (χ0v) is 18.8. The fraction of sp³-hybridized carbons (Fsp3) is 0.318. The number of hydrogen-bond donors (Lipinski definition) is 2. The molecule has 1 aromatic carbocycles. The van der Waals surface area contributed by atoms with Gasteiger partial charge in [-0.25, -0.2) is 15.0 Å². The lowest BCUT2D eigenvalue weighted by Gasteiger charge is -2.20. The maximum Gasteiger partial charge on any atom is 0.235 e. The van der Waals surface area contributed by atoms with Crippen molar-refractivity contribution in [3.63, 3.8) is 0 Å². The minimum absolute atomic E-state index is 0.0876. The first-order valence-corrected chi connectivity index (χ1v) is 11.4. The van der Waals surface area contributed by atoms with Crippen LogP contribution < -0.4 is 10.1 Å². The summed E-state index contributed by atoms with van der Waals surface area (Å²) in [7, 11) is 0. The van der Waals surface area contributed by atoms with E-state index in [1.54, 1.807) is 22.8 Å². The molecule has 164 valence electrons. The highest BCUT2D eigenvalue weighted by Gasteiger charge is 2.33. The van der Waals surface area contributed by atoms with Gasteiger partial charge in [-0.15, -0.1) is 11.8 Å². The van der Waals surface area contributed by atoms with Gasteiger partial charge >= 0.3 is 0 Å². The molecule has 5 rings (SSSR count). The number of thioether (sulfide) groups is 1. The first-order valence-electron chi connectivity index (χ1n) is 10.4. The lowest BCUT2D eigenvalue weighted by atomic mass is 10.0.